The van der Waals surface area contributed by atoms with E-state index in [9.17, 15) is 14.4 Å². The first-order chi connectivity index (χ1) is 12.3. The fourth-order valence-corrected chi connectivity index (χ4v) is 2.73. The van der Waals surface area contributed by atoms with Gasteiger partial charge in [-0.2, -0.15) is 0 Å². The summed E-state index contributed by atoms with van der Waals surface area (Å²) in [6.45, 7) is 5.14. The number of hydrogen-bond acceptors (Lipinski definition) is 4. The second kappa shape index (κ2) is 10.7. The second-order valence-corrected chi connectivity index (χ2v) is 6.62. The van der Waals surface area contributed by atoms with E-state index in [1.807, 2.05) is 37.3 Å². The van der Waals surface area contributed by atoms with Crippen LogP contribution in [0.4, 0.5) is 0 Å². The fraction of sp³-hybridized carbons (Fsp3) is 0.550. The monoisotopic (exact) mass is 361 g/mol. The van der Waals surface area contributed by atoms with Gasteiger partial charge in [0.25, 0.3) is 0 Å². The van der Waals surface area contributed by atoms with Crippen LogP contribution in [0.2, 0.25) is 0 Å². The SMILES string of the molecule is CCC[C@H](NC)C(=O)N(C)[C@H](C)C(=O)N[C@H](Cc1ccccc1)C(C)=O. The van der Waals surface area contributed by atoms with Crippen molar-refractivity contribution in [2.45, 2.75) is 58.2 Å². The number of hydrogen-bond donors (Lipinski definition) is 2. The highest BCUT2D eigenvalue weighted by atomic mass is 16.2. The Labute approximate surface area is 156 Å². The zero-order chi connectivity index (χ0) is 19.7. The Balaban J connectivity index is 2.75. The van der Waals surface area contributed by atoms with Crippen molar-refractivity contribution in [2.75, 3.05) is 14.1 Å². The first-order valence-electron chi connectivity index (χ1n) is 9.10. The molecule has 144 valence electrons. The largest absolute Gasteiger partial charge is 0.344 e. The maximum Gasteiger partial charge on any atom is 0.243 e. The van der Waals surface area contributed by atoms with Crippen LogP contribution in [0, 0.1) is 0 Å². The molecule has 6 heteroatoms. The molecule has 26 heavy (non-hydrogen) atoms. The number of rotatable bonds is 10. The molecule has 0 heterocycles. The Kier molecular flexibility index (Phi) is 8.99. The van der Waals surface area contributed by atoms with Crippen LogP contribution >= 0.6 is 0 Å². The van der Waals surface area contributed by atoms with Crippen LogP contribution in [0.15, 0.2) is 30.3 Å². The van der Waals surface area contributed by atoms with Crippen molar-refractivity contribution in [1.29, 1.82) is 0 Å². The molecule has 0 aromatic heterocycles. The van der Waals surface area contributed by atoms with Crippen molar-refractivity contribution in [3.63, 3.8) is 0 Å². The van der Waals surface area contributed by atoms with Gasteiger partial charge in [0.2, 0.25) is 11.8 Å². The fourth-order valence-electron chi connectivity index (χ4n) is 2.73. The minimum absolute atomic E-state index is 0.109. The third-order valence-corrected chi connectivity index (χ3v) is 4.62. The van der Waals surface area contributed by atoms with Gasteiger partial charge in [-0.05, 0) is 39.3 Å². The smallest absolute Gasteiger partial charge is 0.243 e. The van der Waals surface area contributed by atoms with Gasteiger partial charge in [0.05, 0.1) is 12.1 Å². The van der Waals surface area contributed by atoms with Crippen LogP contribution < -0.4 is 10.6 Å². The molecule has 0 unspecified atom stereocenters. The third kappa shape index (κ3) is 6.26. The molecule has 2 amide bonds. The van der Waals surface area contributed by atoms with Gasteiger partial charge in [-0.3, -0.25) is 14.4 Å². The molecule has 0 aliphatic rings. The molecule has 2 N–H and O–H groups in total. The molecule has 1 aromatic carbocycles. The highest BCUT2D eigenvalue weighted by Gasteiger charge is 2.29. The zero-order valence-electron chi connectivity index (χ0n) is 16.4. The molecule has 1 aromatic rings. The topological polar surface area (TPSA) is 78.5 Å². The predicted octanol–water partition coefficient (Wildman–Crippen LogP) is 1.54. The molecule has 0 radical (unpaired) electrons. The van der Waals surface area contributed by atoms with E-state index >= 15 is 0 Å². The Morgan fingerprint density at radius 3 is 2.23 bits per heavy atom. The summed E-state index contributed by atoms with van der Waals surface area (Å²) < 4.78 is 0. The minimum Gasteiger partial charge on any atom is -0.344 e. The number of nitrogens with zero attached hydrogens (tertiary/aromatic N) is 1. The average Bonchev–Trinajstić information content (AvgIpc) is 2.64. The molecule has 0 aliphatic heterocycles. The van der Waals surface area contributed by atoms with Gasteiger partial charge in [-0.15, -0.1) is 0 Å². The lowest BCUT2D eigenvalue weighted by molar-refractivity contribution is -0.140. The molecular weight excluding hydrogens is 330 g/mol. The van der Waals surface area contributed by atoms with Crippen LogP contribution in [-0.4, -0.2) is 54.7 Å². The third-order valence-electron chi connectivity index (χ3n) is 4.62. The summed E-state index contributed by atoms with van der Waals surface area (Å²) in [6, 6.07) is 7.96. The number of benzene rings is 1. The zero-order valence-corrected chi connectivity index (χ0v) is 16.4. The van der Waals surface area contributed by atoms with Crippen LogP contribution in [0.3, 0.4) is 0 Å². The van der Waals surface area contributed by atoms with Crippen molar-refractivity contribution >= 4 is 17.6 Å². The van der Waals surface area contributed by atoms with Crippen LogP contribution in [0.1, 0.15) is 39.2 Å². The normalized spacial score (nSPS) is 14.2. The van der Waals surface area contributed by atoms with Gasteiger partial charge < -0.3 is 15.5 Å². The Morgan fingerprint density at radius 1 is 1.12 bits per heavy atom. The minimum atomic E-state index is -0.659. The molecule has 0 fully saturated rings. The summed E-state index contributed by atoms with van der Waals surface area (Å²) in [7, 11) is 3.36. The molecule has 0 aliphatic carbocycles. The lowest BCUT2D eigenvalue weighted by Crippen LogP contribution is -2.54. The highest BCUT2D eigenvalue weighted by molar-refractivity contribution is 5.92. The van der Waals surface area contributed by atoms with E-state index < -0.39 is 12.1 Å². The number of carbonyl (C=O) groups excluding carboxylic acids is 3. The van der Waals surface area contributed by atoms with Crippen molar-refractivity contribution in [1.82, 2.24) is 15.5 Å². The molecular formula is C20H31N3O3. The van der Waals surface area contributed by atoms with Gasteiger partial charge in [-0.25, -0.2) is 0 Å². The van der Waals surface area contributed by atoms with E-state index in [1.165, 1.54) is 11.8 Å². The number of amides is 2. The Bertz CT molecular complexity index is 604. The maximum atomic E-state index is 12.6. The molecule has 3 atom stereocenters. The number of ketones is 1. The van der Waals surface area contributed by atoms with Crippen molar-refractivity contribution < 1.29 is 14.4 Å². The molecule has 1 rings (SSSR count). The first-order valence-corrected chi connectivity index (χ1v) is 9.10. The van der Waals surface area contributed by atoms with Gasteiger partial charge in [0.15, 0.2) is 5.78 Å². The lowest BCUT2D eigenvalue weighted by atomic mass is 10.0. The van der Waals surface area contributed by atoms with Gasteiger partial charge in [-0.1, -0.05) is 43.7 Å². The average molecular weight is 361 g/mol. The van der Waals surface area contributed by atoms with E-state index in [4.69, 9.17) is 0 Å². The summed E-state index contributed by atoms with van der Waals surface area (Å²) in [5, 5.41) is 5.78. The second-order valence-electron chi connectivity index (χ2n) is 6.62. The van der Waals surface area contributed by atoms with Crippen molar-refractivity contribution in [2.24, 2.45) is 0 Å². The van der Waals surface area contributed by atoms with Gasteiger partial charge >= 0.3 is 0 Å². The summed E-state index contributed by atoms with van der Waals surface area (Å²) in [5.41, 5.74) is 0.975. The standard InChI is InChI=1S/C20H31N3O3/c1-6-10-17(21-4)20(26)23(5)14(2)19(25)22-18(15(3)24)13-16-11-8-7-9-12-16/h7-9,11-12,14,17-18,21H,6,10,13H2,1-5H3,(H,22,25)/t14-,17+,18-/m1/s1. The van der Waals surface area contributed by atoms with Crippen LogP contribution in [-0.2, 0) is 20.8 Å². The molecule has 0 spiro atoms. The van der Waals surface area contributed by atoms with Gasteiger partial charge in [0.1, 0.15) is 6.04 Å². The molecule has 0 saturated carbocycles. The summed E-state index contributed by atoms with van der Waals surface area (Å²) in [5.74, 6) is -0.565. The molecule has 0 saturated heterocycles. The Morgan fingerprint density at radius 2 is 1.73 bits per heavy atom. The van der Waals surface area contributed by atoms with E-state index in [0.717, 1.165) is 12.0 Å². The quantitative estimate of drug-likeness (QED) is 0.663. The highest BCUT2D eigenvalue weighted by Crippen LogP contribution is 2.07. The summed E-state index contributed by atoms with van der Waals surface area (Å²) >= 11 is 0. The molecule has 0 bridgehead atoms. The lowest BCUT2D eigenvalue weighted by Gasteiger charge is -2.29. The van der Waals surface area contributed by atoms with E-state index in [1.54, 1.807) is 21.0 Å². The number of carbonyl (C=O) groups is 3. The number of Topliss-reactive ketones (excluding diaryl/α,β-unsaturated/α-hetero) is 1. The van der Waals surface area contributed by atoms with Gasteiger partial charge in [0, 0.05) is 7.05 Å². The van der Waals surface area contributed by atoms with Crippen LogP contribution in [0.25, 0.3) is 0 Å². The van der Waals surface area contributed by atoms with Crippen molar-refractivity contribution in [3.8, 4) is 0 Å². The number of nitrogens with one attached hydrogen (secondary N) is 2. The van der Waals surface area contributed by atoms with E-state index in [2.05, 4.69) is 10.6 Å². The summed E-state index contributed by atoms with van der Waals surface area (Å²) in [6.07, 6.45) is 2.01. The van der Waals surface area contributed by atoms with E-state index in [-0.39, 0.29) is 23.6 Å². The number of likely N-dealkylation sites (N-methyl/N-ethyl adjacent to an activating group) is 2. The van der Waals surface area contributed by atoms with Crippen LogP contribution in [0.5, 0.6) is 0 Å². The Hall–Kier alpha value is -2.21. The van der Waals surface area contributed by atoms with E-state index in [0.29, 0.717) is 12.8 Å². The summed E-state index contributed by atoms with van der Waals surface area (Å²) in [4.78, 5) is 38.5. The van der Waals surface area contributed by atoms with Crippen molar-refractivity contribution in [3.05, 3.63) is 35.9 Å². The first kappa shape index (κ1) is 21.8. The predicted molar refractivity (Wildman–Crippen MR) is 103 cm³/mol. The maximum absolute atomic E-state index is 12.6. The molecule has 6 nitrogen and oxygen atoms in total.